The monoisotopic (exact) mass is 463 g/mol. The highest BCUT2D eigenvalue weighted by atomic mass is 16.6. The quantitative estimate of drug-likeness (QED) is 0.346. The van der Waals surface area contributed by atoms with E-state index in [0.29, 0.717) is 10.9 Å². The van der Waals surface area contributed by atoms with Gasteiger partial charge in [0.25, 0.3) is 0 Å². The average molecular weight is 464 g/mol. The highest BCUT2D eigenvalue weighted by molar-refractivity contribution is 5.85. The molecule has 190 valence electrons. The Morgan fingerprint density at radius 1 is 1.00 bits per heavy atom. The van der Waals surface area contributed by atoms with Gasteiger partial charge >= 0.3 is 5.97 Å². The third-order valence-electron chi connectivity index (χ3n) is 5.84. The Morgan fingerprint density at radius 2 is 1.48 bits per heavy atom. The van der Waals surface area contributed by atoms with Crippen molar-refractivity contribution in [3.8, 4) is 0 Å². The summed E-state index contributed by atoms with van der Waals surface area (Å²) in [7, 11) is 4.13. The molecule has 1 aromatic rings. The molecule has 1 rings (SSSR count). The lowest BCUT2D eigenvalue weighted by Crippen LogP contribution is -2.55. The van der Waals surface area contributed by atoms with Crippen LogP contribution in [0.4, 0.5) is 0 Å². The number of esters is 1. The van der Waals surface area contributed by atoms with Crippen LogP contribution in [0, 0.1) is 0 Å². The molecule has 1 aromatic carbocycles. The zero-order chi connectivity index (χ0) is 26.5. The lowest BCUT2D eigenvalue weighted by molar-refractivity contribution is -0.903. The second kappa shape index (κ2) is 14.9. The Morgan fingerprint density at radius 3 is 1.91 bits per heavy atom. The van der Waals surface area contributed by atoms with Crippen molar-refractivity contribution < 1.29 is 18.8 Å². The maximum atomic E-state index is 12.8. The number of carbonyl (C=O) groups excluding carboxylic acids is 2. The first-order chi connectivity index (χ1) is 15.2. The molecule has 1 amide bonds. The minimum atomic E-state index is -0.744. The zero-order valence-electron chi connectivity index (χ0n) is 23.5. The summed E-state index contributed by atoms with van der Waals surface area (Å²) >= 11 is 0. The number of hydrogen-bond acceptors (Lipinski definition) is 3. The number of quaternary nitrogens is 1. The van der Waals surface area contributed by atoms with Gasteiger partial charge in [0.1, 0.15) is 23.8 Å². The summed E-state index contributed by atoms with van der Waals surface area (Å²) in [5.74, 6) is -0.650. The molecular formula is C28H51N2O3+. The number of carbonyl (C=O) groups is 2. The third kappa shape index (κ3) is 11.5. The van der Waals surface area contributed by atoms with Crippen molar-refractivity contribution in [2.45, 2.75) is 106 Å². The zero-order valence-corrected chi connectivity index (χ0v) is 23.5. The van der Waals surface area contributed by atoms with Gasteiger partial charge in [-0.1, -0.05) is 65.0 Å². The van der Waals surface area contributed by atoms with E-state index in [1.54, 1.807) is 0 Å². The van der Waals surface area contributed by atoms with Crippen LogP contribution in [0.3, 0.4) is 0 Å². The largest absolute Gasteiger partial charge is 0.458 e. The molecule has 1 atom stereocenters. The van der Waals surface area contributed by atoms with Crippen LogP contribution in [0.2, 0.25) is 0 Å². The molecule has 0 heterocycles. The smallest absolute Gasteiger partial charge is 0.329 e. The Labute approximate surface area is 204 Å². The average Bonchev–Trinajstić information content (AvgIpc) is 2.75. The topological polar surface area (TPSA) is 55.4 Å². The highest BCUT2D eigenvalue weighted by Gasteiger charge is 2.38. The van der Waals surface area contributed by atoms with Crippen molar-refractivity contribution in [2.24, 2.45) is 0 Å². The third-order valence-corrected chi connectivity index (χ3v) is 5.84. The molecule has 0 aliphatic rings. The van der Waals surface area contributed by atoms with Gasteiger partial charge in [-0.2, -0.15) is 0 Å². The van der Waals surface area contributed by atoms with E-state index in [-0.39, 0.29) is 17.9 Å². The summed E-state index contributed by atoms with van der Waals surface area (Å²) in [6, 6.07) is 8.88. The Hall–Kier alpha value is -2.14. The fraction of sp³-hybridized carbons (Fsp3) is 0.643. The molecule has 33 heavy (non-hydrogen) atoms. The maximum absolute atomic E-state index is 12.8. The van der Waals surface area contributed by atoms with E-state index in [0.717, 1.165) is 17.7 Å². The lowest BCUT2D eigenvalue weighted by Gasteiger charge is -2.44. The van der Waals surface area contributed by atoms with Crippen molar-refractivity contribution in [3.05, 3.63) is 48.2 Å². The van der Waals surface area contributed by atoms with E-state index < -0.39 is 17.6 Å². The first-order valence-corrected chi connectivity index (χ1v) is 12.3. The Kier molecular flexibility index (Phi) is 14.9. The lowest BCUT2D eigenvalue weighted by atomic mass is 9.95. The standard InChI is InChI=1S/C24H38N2O3.2C2H6/c1-10-24(6,7)26(8,9)18(2)16-21(27)25-20(22(28)29-23(3,4)5)17-19-14-12-11-13-15-19;2*1-2/h11-15,20H,2,10,16-17H2,1,3-9H3;2*1-2H3/p+1. The summed E-state index contributed by atoms with van der Waals surface area (Å²) in [5, 5.41) is 2.88. The first-order valence-electron chi connectivity index (χ1n) is 12.3. The first kappa shape index (κ1) is 33.0. The number of benzene rings is 1. The van der Waals surface area contributed by atoms with Crippen molar-refractivity contribution in [1.82, 2.24) is 5.32 Å². The molecule has 0 fully saturated rings. The number of nitrogens with one attached hydrogen (secondary N) is 1. The molecule has 0 spiro atoms. The summed E-state index contributed by atoms with van der Waals surface area (Å²) in [6.45, 7) is 24.1. The van der Waals surface area contributed by atoms with Gasteiger partial charge < -0.3 is 10.1 Å². The van der Waals surface area contributed by atoms with Gasteiger partial charge in [-0.3, -0.25) is 9.28 Å². The van der Waals surface area contributed by atoms with Crippen LogP contribution < -0.4 is 5.32 Å². The molecule has 0 saturated carbocycles. The van der Waals surface area contributed by atoms with Crippen LogP contribution in [0.15, 0.2) is 42.6 Å². The number of rotatable bonds is 9. The minimum absolute atomic E-state index is 0.0496. The van der Waals surface area contributed by atoms with Crippen LogP contribution in [0.25, 0.3) is 0 Å². The molecule has 0 aliphatic heterocycles. The predicted octanol–water partition coefficient (Wildman–Crippen LogP) is 6.28. The van der Waals surface area contributed by atoms with Crippen LogP contribution in [-0.4, -0.2) is 47.6 Å². The van der Waals surface area contributed by atoms with Crippen LogP contribution >= 0.6 is 0 Å². The molecule has 0 radical (unpaired) electrons. The molecule has 1 N–H and O–H groups in total. The SMILES string of the molecule is C=C(CC(=O)NC(Cc1ccccc1)C(=O)OC(C)(C)C)[N+](C)(C)C(C)(C)CC.CC.CC. The van der Waals surface area contributed by atoms with Crippen molar-refractivity contribution in [3.63, 3.8) is 0 Å². The maximum Gasteiger partial charge on any atom is 0.329 e. The number of hydrogen-bond donors (Lipinski definition) is 1. The number of amides is 1. The van der Waals surface area contributed by atoms with Gasteiger partial charge in [0.2, 0.25) is 5.91 Å². The van der Waals surface area contributed by atoms with Gasteiger partial charge in [-0.05, 0) is 53.2 Å². The molecule has 5 heteroatoms. The van der Waals surface area contributed by atoms with Crippen LogP contribution in [-0.2, 0) is 20.7 Å². The predicted molar refractivity (Wildman–Crippen MR) is 141 cm³/mol. The summed E-state index contributed by atoms with van der Waals surface area (Å²) in [6.07, 6.45) is 1.49. The van der Waals surface area contributed by atoms with E-state index in [1.165, 1.54) is 0 Å². The fourth-order valence-electron chi connectivity index (χ4n) is 2.87. The van der Waals surface area contributed by atoms with Gasteiger partial charge in [-0.25, -0.2) is 4.79 Å². The minimum Gasteiger partial charge on any atom is -0.458 e. The Balaban J connectivity index is 0. The van der Waals surface area contributed by atoms with Crippen molar-refractivity contribution >= 4 is 11.9 Å². The molecular weight excluding hydrogens is 412 g/mol. The van der Waals surface area contributed by atoms with Gasteiger partial charge in [0.05, 0.1) is 19.6 Å². The fourth-order valence-corrected chi connectivity index (χ4v) is 2.87. The van der Waals surface area contributed by atoms with Crippen molar-refractivity contribution in [2.75, 3.05) is 14.1 Å². The van der Waals surface area contributed by atoms with E-state index in [4.69, 9.17) is 4.74 Å². The normalized spacial score (nSPS) is 12.2. The van der Waals surface area contributed by atoms with Gasteiger partial charge in [0, 0.05) is 6.42 Å². The molecule has 0 aromatic heterocycles. The molecule has 0 bridgehead atoms. The summed E-state index contributed by atoms with van der Waals surface area (Å²) < 4.78 is 6.07. The Bertz CT molecular complexity index is 716. The van der Waals surface area contributed by atoms with E-state index in [9.17, 15) is 9.59 Å². The van der Waals surface area contributed by atoms with Gasteiger partial charge in [-0.15, -0.1) is 0 Å². The summed E-state index contributed by atoms with van der Waals surface area (Å²) in [5.41, 5.74) is 1.10. The van der Waals surface area contributed by atoms with Crippen molar-refractivity contribution in [1.29, 1.82) is 0 Å². The molecule has 0 aliphatic carbocycles. The number of nitrogens with zero attached hydrogens (tertiary/aromatic N) is 1. The van der Waals surface area contributed by atoms with E-state index in [2.05, 4.69) is 46.8 Å². The summed E-state index contributed by atoms with van der Waals surface area (Å²) in [4.78, 5) is 25.5. The second-order valence-electron chi connectivity index (χ2n) is 9.71. The highest BCUT2D eigenvalue weighted by Crippen LogP contribution is 2.30. The van der Waals surface area contributed by atoms with Crippen LogP contribution in [0.1, 0.15) is 87.6 Å². The van der Waals surface area contributed by atoms with Gasteiger partial charge in [0.15, 0.2) is 0 Å². The van der Waals surface area contributed by atoms with E-state index in [1.807, 2.05) is 78.8 Å². The number of ether oxygens (including phenoxy) is 1. The molecule has 0 saturated heterocycles. The van der Waals surface area contributed by atoms with Crippen LogP contribution in [0.5, 0.6) is 0 Å². The molecule has 1 unspecified atom stereocenters. The van der Waals surface area contributed by atoms with E-state index >= 15 is 0 Å². The second-order valence-corrected chi connectivity index (χ2v) is 9.71. The molecule has 5 nitrogen and oxygen atoms in total.